The molecule has 0 saturated heterocycles. The predicted molar refractivity (Wildman–Crippen MR) is 74.9 cm³/mol. The summed E-state index contributed by atoms with van der Waals surface area (Å²) in [4.78, 5) is 13.5. The molecule has 0 fully saturated rings. The van der Waals surface area contributed by atoms with Crippen molar-refractivity contribution in [3.63, 3.8) is 0 Å². The average molecular weight is 309 g/mol. The van der Waals surface area contributed by atoms with Crippen molar-refractivity contribution in [3.8, 4) is 6.07 Å². The summed E-state index contributed by atoms with van der Waals surface area (Å²) in [5, 5.41) is 8.87. The van der Waals surface area contributed by atoms with Crippen LogP contribution in [0.5, 0.6) is 0 Å². The number of carbonyl (C=O) groups is 1. The summed E-state index contributed by atoms with van der Waals surface area (Å²) in [6, 6.07) is 10.0. The highest BCUT2D eigenvalue weighted by molar-refractivity contribution is 9.10. The van der Waals surface area contributed by atoms with Crippen LogP contribution in [0.4, 0.5) is 0 Å². The molecule has 4 heteroatoms. The molecular formula is C14H17BrN2O. The lowest BCUT2D eigenvalue weighted by atomic mass is 10.1. The van der Waals surface area contributed by atoms with E-state index in [1.54, 1.807) is 11.9 Å². The van der Waals surface area contributed by atoms with Gasteiger partial charge in [-0.3, -0.25) is 4.79 Å². The van der Waals surface area contributed by atoms with E-state index in [4.69, 9.17) is 5.26 Å². The Labute approximate surface area is 117 Å². The zero-order valence-electron chi connectivity index (χ0n) is 10.7. The van der Waals surface area contributed by atoms with E-state index in [2.05, 4.69) is 15.9 Å². The van der Waals surface area contributed by atoms with E-state index in [1.165, 1.54) is 5.56 Å². The molecule has 3 nitrogen and oxygen atoms in total. The average Bonchev–Trinajstić information content (AvgIpc) is 2.38. The molecule has 1 atom stereocenters. The van der Waals surface area contributed by atoms with E-state index < -0.39 is 5.92 Å². The van der Waals surface area contributed by atoms with Crippen LogP contribution in [0, 0.1) is 17.2 Å². The first kappa shape index (κ1) is 14.7. The molecule has 18 heavy (non-hydrogen) atoms. The Hall–Kier alpha value is -1.34. The molecule has 1 aromatic carbocycles. The van der Waals surface area contributed by atoms with Crippen molar-refractivity contribution in [2.75, 3.05) is 13.6 Å². The Bertz CT molecular complexity index is 453. The summed E-state index contributed by atoms with van der Waals surface area (Å²) in [6.45, 7) is 2.48. The van der Waals surface area contributed by atoms with E-state index in [0.717, 1.165) is 10.9 Å². The number of nitrogens with zero attached hydrogens (tertiary/aromatic N) is 2. The molecule has 0 aliphatic rings. The summed E-state index contributed by atoms with van der Waals surface area (Å²) in [5.74, 6) is -0.610. The van der Waals surface area contributed by atoms with Crippen LogP contribution in [0.3, 0.4) is 0 Å². The van der Waals surface area contributed by atoms with Gasteiger partial charge in [-0.25, -0.2) is 0 Å². The largest absolute Gasteiger partial charge is 0.344 e. The maximum atomic E-state index is 11.9. The lowest BCUT2D eigenvalue weighted by Gasteiger charge is -2.19. The first-order valence-corrected chi connectivity index (χ1v) is 6.77. The number of nitriles is 1. The van der Waals surface area contributed by atoms with E-state index in [-0.39, 0.29) is 5.91 Å². The normalized spacial score (nSPS) is 11.7. The Morgan fingerprint density at radius 2 is 2.17 bits per heavy atom. The van der Waals surface area contributed by atoms with Gasteiger partial charge in [0, 0.05) is 18.1 Å². The van der Waals surface area contributed by atoms with Gasteiger partial charge in [0.15, 0.2) is 0 Å². The van der Waals surface area contributed by atoms with Crippen LogP contribution in [0.1, 0.15) is 18.9 Å². The zero-order chi connectivity index (χ0) is 13.5. The van der Waals surface area contributed by atoms with Gasteiger partial charge >= 0.3 is 0 Å². The third-order valence-corrected chi connectivity index (χ3v) is 3.69. The maximum absolute atomic E-state index is 11.9. The molecule has 1 amide bonds. The summed E-state index contributed by atoms with van der Waals surface area (Å²) in [6.07, 6.45) is 1.35. The molecule has 1 unspecified atom stereocenters. The van der Waals surface area contributed by atoms with E-state index >= 15 is 0 Å². The lowest BCUT2D eigenvalue weighted by Crippen LogP contribution is -2.33. The molecule has 0 aliphatic carbocycles. The van der Waals surface area contributed by atoms with Crippen LogP contribution in [-0.4, -0.2) is 24.4 Å². The summed E-state index contributed by atoms with van der Waals surface area (Å²) in [5.41, 5.74) is 1.17. The number of hydrogen-bond donors (Lipinski definition) is 0. The van der Waals surface area contributed by atoms with Gasteiger partial charge in [0.1, 0.15) is 5.92 Å². The van der Waals surface area contributed by atoms with Crippen molar-refractivity contribution >= 4 is 21.8 Å². The topological polar surface area (TPSA) is 44.1 Å². The first-order valence-electron chi connectivity index (χ1n) is 5.98. The minimum Gasteiger partial charge on any atom is -0.344 e. The highest BCUT2D eigenvalue weighted by Crippen LogP contribution is 2.16. The summed E-state index contributed by atoms with van der Waals surface area (Å²) in [7, 11) is 1.75. The third-order valence-electron chi connectivity index (χ3n) is 2.91. The number of likely N-dealkylation sites (N-methyl/N-ethyl adjacent to an activating group) is 1. The Morgan fingerprint density at radius 3 is 2.72 bits per heavy atom. The molecule has 0 heterocycles. The zero-order valence-corrected chi connectivity index (χ0v) is 12.3. The molecule has 0 aliphatic heterocycles. The smallest absolute Gasteiger partial charge is 0.239 e. The molecule has 0 aromatic heterocycles. The van der Waals surface area contributed by atoms with Crippen LogP contribution in [0.2, 0.25) is 0 Å². The quantitative estimate of drug-likeness (QED) is 0.839. The van der Waals surface area contributed by atoms with Gasteiger partial charge in [0.05, 0.1) is 6.07 Å². The number of hydrogen-bond acceptors (Lipinski definition) is 2. The van der Waals surface area contributed by atoms with Crippen molar-refractivity contribution in [2.24, 2.45) is 5.92 Å². The van der Waals surface area contributed by atoms with Crippen molar-refractivity contribution in [1.82, 2.24) is 4.90 Å². The monoisotopic (exact) mass is 308 g/mol. The molecule has 0 N–H and O–H groups in total. The number of halogens is 1. The minimum absolute atomic E-state index is 0.0907. The van der Waals surface area contributed by atoms with Crippen LogP contribution >= 0.6 is 15.9 Å². The second kappa shape index (κ2) is 7.17. The number of carbonyl (C=O) groups excluding carboxylic acids is 1. The molecule has 96 valence electrons. The van der Waals surface area contributed by atoms with Crippen LogP contribution in [0.25, 0.3) is 0 Å². The van der Waals surface area contributed by atoms with E-state index in [9.17, 15) is 4.79 Å². The van der Waals surface area contributed by atoms with Gasteiger partial charge in [-0.05, 0) is 24.5 Å². The van der Waals surface area contributed by atoms with Crippen LogP contribution in [0.15, 0.2) is 28.7 Å². The fourth-order valence-electron chi connectivity index (χ4n) is 1.69. The van der Waals surface area contributed by atoms with Crippen molar-refractivity contribution in [3.05, 3.63) is 34.3 Å². The fraction of sp³-hybridized carbons (Fsp3) is 0.429. The van der Waals surface area contributed by atoms with Gasteiger partial charge in [-0.2, -0.15) is 5.26 Å². The number of rotatable bonds is 5. The van der Waals surface area contributed by atoms with Crippen molar-refractivity contribution < 1.29 is 4.79 Å². The highest BCUT2D eigenvalue weighted by atomic mass is 79.9. The SMILES string of the molecule is CCC(C#N)C(=O)N(C)CCc1ccccc1Br. The third kappa shape index (κ3) is 3.85. The predicted octanol–water partition coefficient (Wildman–Crippen LogP) is 3.00. The first-order chi connectivity index (χ1) is 8.60. The van der Waals surface area contributed by atoms with Crippen LogP contribution in [-0.2, 0) is 11.2 Å². The summed E-state index contributed by atoms with van der Waals surface area (Å²) < 4.78 is 1.05. The number of benzene rings is 1. The van der Waals surface area contributed by atoms with E-state index in [1.807, 2.05) is 37.3 Å². The molecule has 1 rings (SSSR count). The van der Waals surface area contributed by atoms with Gasteiger partial charge in [-0.15, -0.1) is 0 Å². The molecule has 0 saturated carbocycles. The standard InChI is InChI=1S/C14H17BrN2O/c1-3-11(10-16)14(18)17(2)9-8-12-6-4-5-7-13(12)15/h4-7,11H,3,8-9H2,1-2H3. The lowest BCUT2D eigenvalue weighted by molar-refractivity contribution is -0.132. The second-order valence-electron chi connectivity index (χ2n) is 4.19. The number of amides is 1. The summed E-state index contributed by atoms with van der Waals surface area (Å²) >= 11 is 3.48. The van der Waals surface area contributed by atoms with Crippen LogP contribution < -0.4 is 0 Å². The van der Waals surface area contributed by atoms with Crippen molar-refractivity contribution in [2.45, 2.75) is 19.8 Å². The Kier molecular flexibility index (Phi) is 5.87. The van der Waals surface area contributed by atoms with Gasteiger partial charge in [0.25, 0.3) is 0 Å². The Balaban J connectivity index is 2.57. The van der Waals surface area contributed by atoms with Gasteiger partial charge in [0.2, 0.25) is 5.91 Å². The molecule has 0 bridgehead atoms. The minimum atomic E-state index is -0.519. The second-order valence-corrected chi connectivity index (χ2v) is 5.05. The molecule has 1 aromatic rings. The highest BCUT2D eigenvalue weighted by Gasteiger charge is 2.19. The molecular weight excluding hydrogens is 292 g/mol. The van der Waals surface area contributed by atoms with Gasteiger partial charge < -0.3 is 4.90 Å². The van der Waals surface area contributed by atoms with Crippen molar-refractivity contribution in [1.29, 1.82) is 5.26 Å². The fourth-order valence-corrected chi connectivity index (χ4v) is 2.17. The Morgan fingerprint density at radius 1 is 1.50 bits per heavy atom. The maximum Gasteiger partial charge on any atom is 0.239 e. The molecule has 0 radical (unpaired) electrons. The van der Waals surface area contributed by atoms with E-state index in [0.29, 0.717) is 13.0 Å². The molecule has 0 spiro atoms. The van der Waals surface area contributed by atoms with Gasteiger partial charge in [-0.1, -0.05) is 41.1 Å².